The largest absolute Gasteiger partial charge is 0.416 e. The van der Waals surface area contributed by atoms with Crippen molar-refractivity contribution >= 4 is 28.5 Å². The smallest absolute Gasteiger partial charge is 0.410 e. The van der Waals surface area contributed by atoms with Crippen molar-refractivity contribution in [2.45, 2.75) is 25.5 Å². The lowest BCUT2D eigenvalue weighted by molar-refractivity contribution is -0.119. The number of para-hydroxylation sites is 1. The van der Waals surface area contributed by atoms with Gasteiger partial charge in [0.15, 0.2) is 5.13 Å². The van der Waals surface area contributed by atoms with Crippen LogP contribution in [0.5, 0.6) is 5.75 Å². The molecule has 7 nitrogen and oxygen atoms in total. The molecule has 1 aromatic heterocycles. The van der Waals surface area contributed by atoms with Crippen molar-refractivity contribution in [1.82, 2.24) is 9.88 Å². The number of aliphatic hydroxyl groups is 1. The third-order valence-corrected chi connectivity index (χ3v) is 4.49. The standard InChI is InChI=1S/C16H17N3O4S/c1-10-9-24-15(17-10)18-14(21)13-7-11(20)8-19(13)16(22)23-12-5-3-2-4-6-12/h2-6,9,11,13,20H,7-8H2,1H3,(H,17,18,21)/t11-,13-/m0/s1. The molecule has 1 aliphatic heterocycles. The van der Waals surface area contributed by atoms with Crippen LogP contribution in [0.25, 0.3) is 0 Å². The number of β-amino-alcohol motifs (C(OH)–C–C–N with tert-alkyl or cyclic N) is 1. The van der Waals surface area contributed by atoms with Crippen LogP contribution >= 0.6 is 11.3 Å². The fourth-order valence-corrected chi connectivity index (χ4v) is 3.20. The Morgan fingerprint density at radius 3 is 2.79 bits per heavy atom. The van der Waals surface area contributed by atoms with Gasteiger partial charge in [0, 0.05) is 11.8 Å². The van der Waals surface area contributed by atoms with Crippen LogP contribution in [0.15, 0.2) is 35.7 Å². The molecule has 0 radical (unpaired) electrons. The van der Waals surface area contributed by atoms with Crippen LogP contribution in [0.2, 0.25) is 0 Å². The van der Waals surface area contributed by atoms with E-state index in [0.29, 0.717) is 10.9 Å². The Bertz CT molecular complexity index is 734. The van der Waals surface area contributed by atoms with E-state index in [4.69, 9.17) is 4.74 Å². The lowest BCUT2D eigenvalue weighted by Gasteiger charge is -2.22. The lowest BCUT2D eigenvalue weighted by atomic mass is 10.2. The number of aryl methyl sites for hydroxylation is 1. The summed E-state index contributed by atoms with van der Waals surface area (Å²) in [5, 5.41) is 14.8. The molecule has 1 saturated heterocycles. The minimum atomic E-state index is -0.791. The fraction of sp³-hybridized carbons (Fsp3) is 0.312. The molecular formula is C16H17N3O4S. The number of rotatable bonds is 3. The van der Waals surface area contributed by atoms with Gasteiger partial charge in [0.25, 0.3) is 0 Å². The second-order valence-corrected chi connectivity index (χ2v) is 6.38. The van der Waals surface area contributed by atoms with E-state index in [1.54, 1.807) is 24.3 Å². The van der Waals surface area contributed by atoms with Gasteiger partial charge in [-0.15, -0.1) is 11.3 Å². The number of hydrogen-bond acceptors (Lipinski definition) is 6. The summed E-state index contributed by atoms with van der Waals surface area (Å²) >= 11 is 1.31. The molecule has 24 heavy (non-hydrogen) atoms. The lowest BCUT2D eigenvalue weighted by Crippen LogP contribution is -2.44. The van der Waals surface area contributed by atoms with Crippen molar-refractivity contribution in [3.05, 3.63) is 41.4 Å². The number of benzene rings is 1. The van der Waals surface area contributed by atoms with Gasteiger partial charge in [0.2, 0.25) is 5.91 Å². The third-order valence-electron chi connectivity index (χ3n) is 3.61. The first kappa shape index (κ1) is 16.4. The number of aromatic nitrogens is 1. The van der Waals surface area contributed by atoms with Crippen LogP contribution in [-0.2, 0) is 4.79 Å². The van der Waals surface area contributed by atoms with E-state index in [-0.39, 0.29) is 18.9 Å². The van der Waals surface area contributed by atoms with E-state index >= 15 is 0 Å². The summed E-state index contributed by atoms with van der Waals surface area (Å²) in [6.45, 7) is 1.88. The predicted molar refractivity (Wildman–Crippen MR) is 89.1 cm³/mol. The highest BCUT2D eigenvalue weighted by molar-refractivity contribution is 7.13. The molecule has 1 aromatic carbocycles. The Balaban J connectivity index is 1.69. The molecule has 2 aromatic rings. The van der Waals surface area contributed by atoms with Gasteiger partial charge in [-0.3, -0.25) is 9.69 Å². The maximum absolute atomic E-state index is 12.4. The van der Waals surface area contributed by atoms with Gasteiger partial charge in [-0.05, 0) is 19.1 Å². The molecule has 0 saturated carbocycles. The highest BCUT2D eigenvalue weighted by Crippen LogP contribution is 2.23. The minimum absolute atomic E-state index is 0.0562. The summed E-state index contributed by atoms with van der Waals surface area (Å²) in [6.07, 6.45) is -1.25. The molecule has 0 bridgehead atoms. The average molecular weight is 347 g/mol. The number of likely N-dealkylation sites (tertiary alicyclic amines) is 1. The number of carbonyl (C=O) groups is 2. The zero-order chi connectivity index (χ0) is 17.1. The van der Waals surface area contributed by atoms with E-state index in [2.05, 4.69) is 10.3 Å². The van der Waals surface area contributed by atoms with Gasteiger partial charge >= 0.3 is 6.09 Å². The second kappa shape index (κ2) is 6.98. The first-order valence-electron chi connectivity index (χ1n) is 7.47. The van der Waals surface area contributed by atoms with Crippen molar-refractivity contribution < 1.29 is 19.4 Å². The summed E-state index contributed by atoms with van der Waals surface area (Å²) in [7, 11) is 0. The van der Waals surface area contributed by atoms with E-state index in [0.717, 1.165) is 5.69 Å². The van der Waals surface area contributed by atoms with Crippen molar-refractivity contribution in [3.63, 3.8) is 0 Å². The first-order chi connectivity index (χ1) is 11.5. The van der Waals surface area contributed by atoms with Gasteiger partial charge < -0.3 is 15.2 Å². The second-order valence-electron chi connectivity index (χ2n) is 5.52. The number of carbonyl (C=O) groups excluding carboxylic acids is 2. The van der Waals surface area contributed by atoms with Crippen LogP contribution < -0.4 is 10.1 Å². The Morgan fingerprint density at radius 2 is 2.12 bits per heavy atom. The van der Waals surface area contributed by atoms with E-state index in [1.165, 1.54) is 16.2 Å². The quantitative estimate of drug-likeness (QED) is 0.886. The van der Waals surface area contributed by atoms with Gasteiger partial charge in [0.05, 0.1) is 18.3 Å². The summed E-state index contributed by atoms with van der Waals surface area (Å²) in [5.74, 6) is 0.00417. The number of amides is 2. The highest BCUT2D eigenvalue weighted by Gasteiger charge is 2.40. The van der Waals surface area contributed by atoms with Crippen LogP contribution in [0, 0.1) is 6.92 Å². The molecule has 2 heterocycles. The van der Waals surface area contributed by atoms with Crippen molar-refractivity contribution in [2.75, 3.05) is 11.9 Å². The number of hydrogen-bond donors (Lipinski definition) is 2. The zero-order valence-corrected chi connectivity index (χ0v) is 13.8. The normalized spacial score (nSPS) is 20.0. The molecule has 2 N–H and O–H groups in total. The summed E-state index contributed by atoms with van der Waals surface area (Å²) in [6, 6.07) is 7.81. The number of nitrogens with one attached hydrogen (secondary N) is 1. The number of aliphatic hydroxyl groups excluding tert-OH is 1. The zero-order valence-electron chi connectivity index (χ0n) is 13.0. The summed E-state index contributed by atoms with van der Waals surface area (Å²) in [4.78, 5) is 30.2. The van der Waals surface area contributed by atoms with Crippen LogP contribution in [0.4, 0.5) is 9.93 Å². The van der Waals surface area contributed by atoms with Crippen molar-refractivity contribution in [2.24, 2.45) is 0 Å². The summed E-state index contributed by atoms with van der Waals surface area (Å²) in [5.41, 5.74) is 0.808. The molecule has 126 valence electrons. The van der Waals surface area contributed by atoms with Gasteiger partial charge in [-0.2, -0.15) is 0 Å². The molecule has 0 spiro atoms. The number of nitrogens with zero attached hydrogens (tertiary/aromatic N) is 2. The van der Waals surface area contributed by atoms with E-state index in [1.807, 2.05) is 18.4 Å². The fourth-order valence-electron chi connectivity index (χ4n) is 2.51. The minimum Gasteiger partial charge on any atom is -0.410 e. The number of thiazole rings is 1. The molecule has 2 amide bonds. The Labute approximate surface area is 142 Å². The Kier molecular flexibility index (Phi) is 4.77. The Hall–Kier alpha value is -2.45. The molecule has 1 aliphatic rings. The first-order valence-corrected chi connectivity index (χ1v) is 8.35. The van der Waals surface area contributed by atoms with Gasteiger partial charge in [-0.1, -0.05) is 18.2 Å². The average Bonchev–Trinajstić information content (AvgIpc) is 3.14. The molecular weight excluding hydrogens is 330 g/mol. The number of ether oxygens (including phenoxy) is 1. The van der Waals surface area contributed by atoms with Crippen molar-refractivity contribution in [3.8, 4) is 5.75 Å². The topological polar surface area (TPSA) is 91.8 Å². The summed E-state index contributed by atoms with van der Waals surface area (Å²) < 4.78 is 5.26. The SMILES string of the molecule is Cc1csc(NC(=O)[C@@H]2C[C@H](O)CN2C(=O)Oc2ccccc2)n1. The monoisotopic (exact) mass is 347 g/mol. The van der Waals surface area contributed by atoms with Gasteiger partial charge in [-0.25, -0.2) is 9.78 Å². The van der Waals surface area contributed by atoms with Crippen LogP contribution in [0.1, 0.15) is 12.1 Å². The molecule has 0 unspecified atom stereocenters. The van der Waals surface area contributed by atoms with E-state index < -0.39 is 18.2 Å². The van der Waals surface area contributed by atoms with Crippen molar-refractivity contribution in [1.29, 1.82) is 0 Å². The van der Waals surface area contributed by atoms with Crippen LogP contribution in [0.3, 0.4) is 0 Å². The molecule has 0 aliphatic carbocycles. The van der Waals surface area contributed by atoms with Crippen LogP contribution in [-0.4, -0.2) is 45.7 Å². The molecule has 2 atom stereocenters. The third kappa shape index (κ3) is 3.72. The maximum Gasteiger partial charge on any atom is 0.416 e. The predicted octanol–water partition coefficient (Wildman–Crippen LogP) is 2.02. The van der Waals surface area contributed by atoms with Gasteiger partial charge in [0.1, 0.15) is 11.8 Å². The molecule has 1 fully saturated rings. The van der Waals surface area contributed by atoms with E-state index in [9.17, 15) is 14.7 Å². The number of anilines is 1. The highest BCUT2D eigenvalue weighted by atomic mass is 32.1. The molecule has 8 heteroatoms. The molecule has 3 rings (SSSR count). The maximum atomic E-state index is 12.4. The Morgan fingerprint density at radius 1 is 1.38 bits per heavy atom.